The van der Waals surface area contributed by atoms with Crippen LogP contribution in [0.2, 0.25) is 0 Å². The van der Waals surface area contributed by atoms with E-state index in [9.17, 15) is 44.4 Å². The first-order valence-corrected chi connectivity index (χ1v) is 15.9. The Morgan fingerprint density at radius 2 is 1.62 bits per heavy atom. The molecule has 6 rings (SSSR count). The highest BCUT2D eigenvalue weighted by molar-refractivity contribution is 6.24. The average Bonchev–Trinajstić information content (AvgIpc) is 3.06. The first-order valence-electron chi connectivity index (χ1n) is 15.9. The molecule has 0 saturated heterocycles. The molecule has 50 heavy (non-hydrogen) atoms. The van der Waals surface area contributed by atoms with Gasteiger partial charge in [0.1, 0.15) is 28.9 Å². The van der Waals surface area contributed by atoms with Crippen molar-refractivity contribution in [1.29, 1.82) is 0 Å². The zero-order valence-corrected chi connectivity index (χ0v) is 27.6. The van der Waals surface area contributed by atoms with E-state index in [1.54, 1.807) is 19.1 Å². The molecule has 14 nitrogen and oxygen atoms in total. The first-order chi connectivity index (χ1) is 23.6. The van der Waals surface area contributed by atoms with Crippen LogP contribution in [0.1, 0.15) is 37.3 Å². The van der Waals surface area contributed by atoms with Crippen LogP contribution in [-0.2, 0) is 23.9 Å². The normalized spacial score (nSPS) is 25.9. The summed E-state index contributed by atoms with van der Waals surface area (Å²) in [6, 6.07) is 13.5. The lowest BCUT2D eigenvalue weighted by Gasteiger charge is -2.54. The van der Waals surface area contributed by atoms with Crippen molar-refractivity contribution >= 4 is 57.4 Å². The minimum absolute atomic E-state index is 0.135. The molecule has 1 saturated carbocycles. The molecular formula is C36H36N4O10. The predicted octanol–water partition coefficient (Wildman–Crippen LogP) is 3.25. The van der Waals surface area contributed by atoms with E-state index in [2.05, 4.69) is 10.6 Å². The van der Waals surface area contributed by atoms with Gasteiger partial charge in [-0.1, -0.05) is 56.3 Å². The number of rotatable bonds is 6. The summed E-state index contributed by atoms with van der Waals surface area (Å²) in [5.41, 5.74) is 1.24. The number of ketones is 2. The number of nitrogens with two attached hydrogens (primary N) is 1. The smallest absolute Gasteiger partial charge is 0.323 e. The Bertz CT molecular complexity index is 2070. The van der Waals surface area contributed by atoms with E-state index >= 15 is 0 Å². The van der Waals surface area contributed by atoms with Crippen molar-refractivity contribution in [1.82, 2.24) is 4.90 Å². The van der Waals surface area contributed by atoms with Gasteiger partial charge in [-0.2, -0.15) is 0 Å². The number of aliphatic hydroxyl groups excluding tert-OH is 2. The van der Waals surface area contributed by atoms with Crippen LogP contribution in [0, 0.1) is 11.8 Å². The van der Waals surface area contributed by atoms with Crippen molar-refractivity contribution in [3.8, 4) is 5.75 Å². The fraction of sp³-hybridized carbons (Fsp3) is 0.306. The van der Waals surface area contributed by atoms with Gasteiger partial charge < -0.3 is 41.5 Å². The number of urea groups is 1. The SMILES string of the molecule is CCC(=O)O[C@@H]1[C@H]2C(=C(O)c3c(ccc(NC(=O)Nc4cccc5ccccc45)c3O)[C@H]2C)C(=O)[C@@]2(O)C(O)=C(C(N)=O)C(=O)[C@@H](N(C)C)[C@H]12. The minimum atomic E-state index is -3.06. The standard InChI is InChI=1S/C36H36N4O10/c1-5-21(41)50-31-22-15(2)17-13-14-20(39-35(48)38-19-12-8-10-16-9-6-7-11-18(16)19)28(42)23(17)29(43)24(22)32(45)36(49)26(31)27(40(3)4)30(44)25(33(36)46)34(37)47/h6-15,22,26-27,31,42-43,46,49H,5H2,1-4H3,(H2,37,47)(H2,38,39,48)/t15-,22-,26-,27+,31-,36-/m1/s1. The van der Waals surface area contributed by atoms with E-state index < -0.39 is 93.4 Å². The van der Waals surface area contributed by atoms with E-state index in [1.807, 2.05) is 30.3 Å². The van der Waals surface area contributed by atoms with E-state index in [4.69, 9.17) is 10.5 Å². The van der Waals surface area contributed by atoms with Crippen molar-refractivity contribution < 1.29 is 49.1 Å². The zero-order chi connectivity index (χ0) is 36.4. The Kier molecular flexibility index (Phi) is 8.40. The first kappa shape index (κ1) is 34.1. The van der Waals surface area contributed by atoms with Crippen LogP contribution in [0.4, 0.5) is 16.2 Å². The number of fused-ring (bicyclic) bond motifs is 4. The molecule has 0 unspecified atom stereocenters. The Balaban J connectivity index is 1.48. The van der Waals surface area contributed by atoms with Gasteiger partial charge in [-0.3, -0.25) is 24.1 Å². The van der Waals surface area contributed by atoms with Gasteiger partial charge in [0.05, 0.1) is 28.9 Å². The van der Waals surface area contributed by atoms with Crippen LogP contribution >= 0.6 is 0 Å². The number of phenols is 1. The summed E-state index contributed by atoms with van der Waals surface area (Å²) in [6.07, 6.45) is -1.64. The molecule has 3 aromatic rings. The van der Waals surface area contributed by atoms with Crippen LogP contribution in [0.5, 0.6) is 5.75 Å². The number of amides is 3. The van der Waals surface area contributed by atoms with Crippen molar-refractivity contribution in [2.24, 2.45) is 17.6 Å². The number of primary amides is 1. The van der Waals surface area contributed by atoms with E-state index in [0.29, 0.717) is 11.3 Å². The average molecular weight is 685 g/mol. The molecule has 0 aromatic heterocycles. The number of carbonyl (C=O) groups is 5. The molecule has 0 radical (unpaired) electrons. The largest absolute Gasteiger partial charge is 0.508 e. The Morgan fingerprint density at radius 1 is 0.960 bits per heavy atom. The van der Waals surface area contributed by atoms with Crippen LogP contribution in [0.25, 0.3) is 16.5 Å². The summed E-state index contributed by atoms with van der Waals surface area (Å²) in [6.45, 7) is 3.15. The third-order valence-electron chi connectivity index (χ3n) is 9.94. The minimum Gasteiger partial charge on any atom is -0.508 e. The molecule has 3 aromatic carbocycles. The molecular weight excluding hydrogens is 648 g/mol. The lowest BCUT2D eigenvalue weighted by atomic mass is 9.54. The maximum atomic E-state index is 14.5. The highest BCUT2D eigenvalue weighted by Crippen LogP contribution is 2.57. The van der Waals surface area contributed by atoms with Gasteiger partial charge in [0.25, 0.3) is 5.91 Å². The number of hydrogen-bond acceptors (Lipinski definition) is 11. The highest BCUT2D eigenvalue weighted by Gasteiger charge is 2.69. The van der Waals surface area contributed by atoms with Gasteiger partial charge in [0.15, 0.2) is 11.4 Å². The summed E-state index contributed by atoms with van der Waals surface area (Å²) in [5, 5.41) is 53.7. The third-order valence-corrected chi connectivity index (χ3v) is 9.94. The predicted molar refractivity (Wildman–Crippen MR) is 181 cm³/mol. The van der Waals surface area contributed by atoms with Gasteiger partial charge in [0, 0.05) is 23.3 Å². The molecule has 14 heteroatoms. The molecule has 0 heterocycles. The lowest BCUT2D eigenvalue weighted by molar-refractivity contribution is -0.185. The maximum absolute atomic E-state index is 14.5. The second-order valence-electron chi connectivity index (χ2n) is 12.9. The molecule has 3 amide bonds. The molecule has 0 aliphatic heterocycles. The van der Waals surface area contributed by atoms with Gasteiger partial charge in [-0.05, 0) is 43.1 Å². The number of aromatic hydroxyl groups is 1. The fourth-order valence-corrected chi connectivity index (χ4v) is 7.68. The molecule has 3 aliphatic carbocycles. The van der Waals surface area contributed by atoms with Crippen LogP contribution in [0.15, 0.2) is 71.5 Å². The number of likely N-dealkylation sites (N-methyl/N-ethyl adjacent to an activating group) is 1. The summed E-state index contributed by atoms with van der Waals surface area (Å²) >= 11 is 0. The number of hydrogen-bond donors (Lipinski definition) is 7. The fourth-order valence-electron chi connectivity index (χ4n) is 7.68. The molecule has 0 bridgehead atoms. The second kappa shape index (κ2) is 12.3. The van der Waals surface area contributed by atoms with Gasteiger partial charge >= 0.3 is 12.0 Å². The number of phenolic OH excluding ortho intramolecular Hbond substituents is 1. The van der Waals surface area contributed by atoms with Crippen molar-refractivity contribution in [3.63, 3.8) is 0 Å². The van der Waals surface area contributed by atoms with E-state index in [1.165, 1.54) is 38.1 Å². The van der Waals surface area contributed by atoms with E-state index in [-0.39, 0.29) is 17.7 Å². The number of nitrogens with zero attached hydrogens (tertiary/aromatic N) is 1. The molecule has 3 aliphatic rings. The number of nitrogens with one attached hydrogen (secondary N) is 2. The van der Waals surface area contributed by atoms with Crippen LogP contribution < -0.4 is 16.4 Å². The van der Waals surface area contributed by atoms with Crippen LogP contribution in [-0.4, -0.2) is 86.6 Å². The summed E-state index contributed by atoms with van der Waals surface area (Å²) in [4.78, 5) is 67.8. The second-order valence-corrected chi connectivity index (χ2v) is 12.9. The number of Topliss-reactive ketones (excluding diaryl/α,β-unsaturated/α-hetero) is 2. The molecule has 260 valence electrons. The monoisotopic (exact) mass is 684 g/mol. The van der Waals surface area contributed by atoms with Crippen molar-refractivity contribution in [2.45, 2.75) is 43.9 Å². The lowest BCUT2D eigenvalue weighted by Crippen LogP contribution is -2.71. The molecule has 1 fully saturated rings. The van der Waals surface area contributed by atoms with Crippen LogP contribution in [0.3, 0.4) is 0 Å². The topological polar surface area (TPSA) is 229 Å². The summed E-state index contributed by atoms with van der Waals surface area (Å²) in [7, 11) is 2.89. The zero-order valence-electron chi connectivity index (χ0n) is 27.6. The Labute approximate surface area is 285 Å². The number of ether oxygens (including phenoxy) is 1. The summed E-state index contributed by atoms with van der Waals surface area (Å²) in [5.74, 6) is -10.9. The Morgan fingerprint density at radius 3 is 2.28 bits per heavy atom. The molecule has 8 N–H and O–H groups in total. The maximum Gasteiger partial charge on any atom is 0.323 e. The van der Waals surface area contributed by atoms with Crippen molar-refractivity contribution in [2.75, 3.05) is 24.7 Å². The van der Waals surface area contributed by atoms with E-state index in [0.717, 1.165) is 10.8 Å². The van der Waals surface area contributed by atoms with Gasteiger partial charge in [-0.25, -0.2) is 4.79 Å². The highest BCUT2D eigenvalue weighted by atomic mass is 16.5. The number of carbonyl (C=O) groups excluding carboxylic acids is 5. The van der Waals surface area contributed by atoms with Gasteiger partial charge in [-0.15, -0.1) is 0 Å². The van der Waals surface area contributed by atoms with Gasteiger partial charge in [0.2, 0.25) is 5.78 Å². The molecule has 0 spiro atoms. The number of aliphatic hydroxyl groups is 3. The Hall–Kier alpha value is -5.73. The quantitative estimate of drug-likeness (QED) is 0.113. The third kappa shape index (κ3) is 4.98. The van der Waals surface area contributed by atoms with Crippen molar-refractivity contribution in [3.05, 3.63) is 82.6 Å². The summed E-state index contributed by atoms with van der Waals surface area (Å²) < 4.78 is 5.84. The number of benzene rings is 3. The number of anilines is 2. The molecule has 6 atom stereocenters. The number of esters is 1.